The lowest BCUT2D eigenvalue weighted by Crippen LogP contribution is -2.27. The summed E-state index contributed by atoms with van der Waals surface area (Å²) in [4.78, 5) is -0.400. The highest BCUT2D eigenvalue weighted by atomic mass is 35.5. The summed E-state index contributed by atoms with van der Waals surface area (Å²) in [5, 5.41) is -0.0554. The number of sulfone groups is 1. The van der Waals surface area contributed by atoms with Gasteiger partial charge in [-0.05, 0) is 49.7 Å². The Balaban J connectivity index is 2.35. The van der Waals surface area contributed by atoms with E-state index in [2.05, 4.69) is 4.72 Å². The molecule has 0 heterocycles. The number of hydrogen-bond acceptors (Lipinski definition) is 5. The van der Waals surface area contributed by atoms with E-state index in [0.717, 1.165) is 12.3 Å². The second kappa shape index (κ2) is 7.96. The first-order valence-electron chi connectivity index (χ1n) is 7.79. The third-order valence-electron chi connectivity index (χ3n) is 3.62. The minimum absolute atomic E-state index is 0.0554. The van der Waals surface area contributed by atoms with Crippen LogP contribution < -0.4 is 9.46 Å². The molecule has 142 valence electrons. The second-order valence-electron chi connectivity index (χ2n) is 5.71. The van der Waals surface area contributed by atoms with Crippen LogP contribution in [0.4, 0.5) is 0 Å². The van der Waals surface area contributed by atoms with Crippen molar-refractivity contribution in [1.29, 1.82) is 0 Å². The first-order chi connectivity index (χ1) is 12.0. The zero-order valence-electron chi connectivity index (χ0n) is 14.6. The van der Waals surface area contributed by atoms with E-state index in [0.29, 0.717) is 17.9 Å². The van der Waals surface area contributed by atoms with Gasteiger partial charge in [-0.3, -0.25) is 0 Å². The number of sulfonamides is 1. The van der Waals surface area contributed by atoms with Crippen LogP contribution in [0.5, 0.6) is 5.75 Å². The van der Waals surface area contributed by atoms with Crippen LogP contribution in [0, 0.1) is 0 Å². The molecule has 0 aliphatic heterocycles. The van der Waals surface area contributed by atoms with Crippen molar-refractivity contribution in [1.82, 2.24) is 4.72 Å². The molecule has 1 N–H and O–H groups in total. The highest BCUT2D eigenvalue weighted by Crippen LogP contribution is 2.27. The van der Waals surface area contributed by atoms with Gasteiger partial charge in [-0.15, -0.1) is 0 Å². The number of ether oxygens (including phenoxy) is 1. The van der Waals surface area contributed by atoms with Crippen molar-refractivity contribution >= 4 is 31.5 Å². The molecular weight excluding hydrogens is 398 g/mol. The Morgan fingerprint density at radius 1 is 1.12 bits per heavy atom. The Morgan fingerprint density at radius 2 is 1.81 bits per heavy atom. The molecule has 0 aliphatic carbocycles. The predicted octanol–water partition coefficient (Wildman–Crippen LogP) is 3.18. The lowest BCUT2D eigenvalue weighted by atomic mass is 10.1. The van der Waals surface area contributed by atoms with Gasteiger partial charge >= 0.3 is 0 Å². The first kappa shape index (κ1) is 20.7. The Hall–Kier alpha value is -1.61. The van der Waals surface area contributed by atoms with Gasteiger partial charge in [0.05, 0.1) is 16.5 Å². The third-order valence-corrected chi connectivity index (χ3v) is 6.75. The predicted molar refractivity (Wildman–Crippen MR) is 101 cm³/mol. The molecule has 0 aliphatic rings. The smallest absolute Gasteiger partial charge is 0.242 e. The van der Waals surface area contributed by atoms with Crippen molar-refractivity contribution in [3.8, 4) is 5.75 Å². The minimum atomic E-state index is -4.03. The molecular formula is C17H20ClNO5S2. The Morgan fingerprint density at radius 3 is 2.42 bits per heavy atom. The van der Waals surface area contributed by atoms with Crippen LogP contribution in [0.2, 0.25) is 5.02 Å². The average Bonchev–Trinajstić information content (AvgIpc) is 2.54. The normalized spacial score (nSPS) is 13.4. The van der Waals surface area contributed by atoms with E-state index < -0.39 is 25.9 Å². The highest BCUT2D eigenvalue weighted by Gasteiger charge is 2.23. The number of halogens is 1. The van der Waals surface area contributed by atoms with Gasteiger partial charge in [-0.2, -0.15) is 0 Å². The molecule has 2 rings (SSSR count). The zero-order chi connectivity index (χ0) is 19.5. The van der Waals surface area contributed by atoms with Crippen LogP contribution >= 0.6 is 11.6 Å². The van der Waals surface area contributed by atoms with E-state index in [9.17, 15) is 16.8 Å². The molecule has 1 atom stereocenters. The molecule has 26 heavy (non-hydrogen) atoms. The monoisotopic (exact) mass is 417 g/mol. The number of benzene rings is 2. The van der Waals surface area contributed by atoms with E-state index in [1.165, 1.54) is 12.1 Å². The second-order valence-corrected chi connectivity index (χ2v) is 9.82. The van der Waals surface area contributed by atoms with E-state index >= 15 is 0 Å². The van der Waals surface area contributed by atoms with E-state index in [1.54, 1.807) is 31.2 Å². The fraction of sp³-hybridized carbons (Fsp3) is 0.294. The molecule has 2 aromatic rings. The van der Waals surface area contributed by atoms with Gasteiger partial charge in [0.25, 0.3) is 0 Å². The SMILES string of the molecule is CCOc1cccc(C(C)NS(=O)(=O)c2cc(S(C)(=O)=O)ccc2Cl)c1. The molecule has 6 nitrogen and oxygen atoms in total. The summed E-state index contributed by atoms with van der Waals surface area (Å²) in [6, 6.07) is 10.1. The molecule has 0 aromatic heterocycles. The third kappa shape index (κ3) is 4.97. The standard InChI is InChI=1S/C17H20ClNO5S2/c1-4-24-14-7-5-6-13(10-14)12(2)19-26(22,23)17-11-15(25(3,20)21)8-9-16(17)18/h5-12,19H,4H2,1-3H3. The Bertz CT molecular complexity index is 1000. The number of nitrogens with one attached hydrogen (secondary N) is 1. The van der Waals surface area contributed by atoms with Gasteiger partial charge in [0.2, 0.25) is 10.0 Å². The van der Waals surface area contributed by atoms with Crippen molar-refractivity contribution in [2.24, 2.45) is 0 Å². The van der Waals surface area contributed by atoms with Gasteiger partial charge in [0.15, 0.2) is 9.84 Å². The molecule has 0 spiro atoms. The zero-order valence-corrected chi connectivity index (χ0v) is 17.0. The van der Waals surface area contributed by atoms with Gasteiger partial charge in [0.1, 0.15) is 10.6 Å². The molecule has 0 saturated carbocycles. The van der Waals surface area contributed by atoms with Crippen molar-refractivity contribution in [3.05, 3.63) is 53.1 Å². The van der Waals surface area contributed by atoms with Crippen LogP contribution in [0.3, 0.4) is 0 Å². The van der Waals surface area contributed by atoms with Crippen LogP contribution in [0.1, 0.15) is 25.5 Å². The summed E-state index contributed by atoms with van der Waals surface area (Å²) < 4.78 is 56.7. The molecule has 9 heteroatoms. The highest BCUT2D eigenvalue weighted by molar-refractivity contribution is 7.91. The molecule has 2 aromatic carbocycles. The van der Waals surface area contributed by atoms with Gasteiger partial charge in [-0.1, -0.05) is 23.7 Å². The van der Waals surface area contributed by atoms with E-state index in [1.807, 2.05) is 6.92 Å². The summed E-state index contributed by atoms with van der Waals surface area (Å²) >= 11 is 5.99. The topological polar surface area (TPSA) is 89.5 Å². The van der Waals surface area contributed by atoms with E-state index in [-0.39, 0.29) is 14.8 Å². The van der Waals surface area contributed by atoms with Crippen molar-refractivity contribution in [3.63, 3.8) is 0 Å². The van der Waals surface area contributed by atoms with Gasteiger partial charge < -0.3 is 4.74 Å². The molecule has 0 saturated heterocycles. The molecule has 0 radical (unpaired) electrons. The Labute approximate surface area is 159 Å². The van der Waals surface area contributed by atoms with Crippen LogP contribution in [-0.4, -0.2) is 29.7 Å². The maximum atomic E-state index is 12.7. The number of rotatable bonds is 7. The molecule has 0 bridgehead atoms. The lowest BCUT2D eigenvalue weighted by Gasteiger charge is -2.16. The fourth-order valence-electron chi connectivity index (χ4n) is 2.32. The van der Waals surface area contributed by atoms with Crippen LogP contribution in [0.25, 0.3) is 0 Å². The molecule has 1 unspecified atom stereocenters. The van der Waals surface area contributed by atoms with Gasteiger partial charge in [-0.25, -0.2) is 21.6 Å². The van der Waals surface area contributed by atoms with Crippen molar-refractivity contribution in [2.75, 3.05) is 12.9 Å². The van der Waals surface area contributed by atoms with E-state index in [4.69, 9.17) is 16.3 Å². The maximum Gasteiger partial charge on any atom is 0.242 e. The summed E-state index contributed by atoms with van der Waals surface area (Å²) in [5.74, 6) is 0.633. The van der Waals surface area contributed by atoms with Crippen molar-refractivity contribution in [2.45, 2.75) is 29.7 Å². The summed E-state index contributed by atoms with van der Waals surface area (Å²) in [6.45, 7) is 4.03. The minimum Gasteiger partial charge on any atom is -0.494 e. The first-order valence-corrected chi connectivity index (χ1v) is 11.5. The van der Waals surface area contributed by atoms with Gasteiger partial charge in [0, 0.05) is 12.3 Å². The summed E-state index contributed by atoms with van der Waals surface area (Å²) in [5.41, 5.74) is 0.704. The van der Waals surface area contributed by atoms with Crippen LogP contribution in [-0.2, 0) is 19.9 Å². The number of hydrogen-bond donors (Lipinski definition) is 1. The largest absolute Gasteiger partial charge is 0.494 e. The fourth-order valence-corrected chi connectivity index (χ4v) is 4.80. The molecule has 0 fully saturated rings. The summed E-state index contributed by atoms with van der Waals surface area (Å²) in [6.07, 6.45) is 1.00. The quantitative estimate of drug-likeness (QED) is 0.747. The summed E-state index contributed by atoms with van der Waals surface area (Å²) in [7, 11) is -7.60. The Kier molecular flexibility index (Phi) is 6.33. The lowest BCUT2D eigenvalue weighted by molar-refractivity contribution is 0.339. The van der Waals surface area contributed by atoms with Crippen molar-refractivity contribution < 1.29 is 21.6 Å². The van der Waals surface area contributed by atoms with Crippen LogP contribution in [0.15, 0.2) is 52.3 Å². The molecule has 0 amide bonds. The average molecular weight is 418 g/mol. The maximum absolute atomic E-state index is 12.7.